The molecule has 1 aliphatic heterocycles. The van der Waals surface area contributed by atoms with Crippen LogP contribution in [0.15, 0.2) is 42.5 Å². The van der Waals surface area contributed by atoms with Gasteiger partial charge in [-0.25, -0.2) is 9.18 Å². The van der Waals surface area contributed by atoms with Gasteiger partial charge in [0.1, 0.15) is 5.82 Å². The number of carbonyl (C=O) groups excluding carboxylic acids is 1. The number of hydrogen-bond acceptors (Lipinski definition) is 2. The Balaban J connectivity index is 1.65. The highest BCUT2D eigenvalue weighted by Gasteiger charge is 2.48. The lowest BCUT2D eigenvalue weighted by Gasteiger charge is -2.25. The minimum absolute atomic E-state index is 0.216. The third kappa shape index (κ3) is 3.27. The number of fused-ring (bicyclic) bond motifs is 2. The number of amides is 2. The molecule has 1 aliphatic carbocycles. The van der Waals surface area contributed by atoms with Gasteiger partial charge in [-0.15, -0.1) is 0 Å². The quantitative estimate of drug-likeness (QED) is 0.840. The minimum Gasteiger partial charge on any atom is -0.307 e. The predicted molar refractivity (Wildman–Crippen MR) is 107 cm³/mol. The van der Waals surface area contributed by atoms with Gasteiger partial charge in [0, 0.05) is 40.3 Å². The summed E-state index contributed by atoms with van der Waals surface area (Å²) in [6.45, 7) is 0.511. The number of hydrogen-bond donors (Lipinski definition) is 1. The summed E-state index contributed by atoms with van der Waals surface area (Å²) >= 11 is 0. The molecule has 0 unspecified atom stereocenters. The molecular formula is C21H23FN2O2S. The van der Waals surface area contributed by atoms with E-state index in [2.05, 4.69) is 5.32 Å². The number of para-hydroxylation sites is 1. The summed E-state index contributed by atoms with van der Waals surface area (Å²) in [6, 6.07) is 12.1. The van der Waals surface area contributed by atoms with E-state index < -0.39 is 10.8 Å². The van der Waals surface area contributed by atoms with Crippen LogP contribution in [0.1, 0.15) is 36.8 Å². The Labute approximate surface area is 161 Å². The summed E-state index contributed by atoms with van der Waals surface area (Å²) in [5, 5.41) is 2.95. The fourth-order valence-electron chi connectivity index (χ4n) is 4.54. The topological polar surface area (TPSA) is 49.4 Å². The third-order valence-corrected chi connectivity index (χ3v) is 6.41. The minimum atomic E-state index is -1.00. The van der Waals surface area contributed by atoms with Crippen molar-refractivity contribution in [2.75, 3.05) is 23.0 Å². The molecular weight excluding hydrogens is 363 g/mol. The monoisotopic (exact) mass is 386 g/mol. The molecule has 4 rings (SSSR count). The molecule has 1 N–H and O–H groups in total. The highest BCUT2D eigenvalue weighted by atomic mass is 32.2. The van der Waals surface area contributed by atoms with Crippen molar-refractivity contribution in [3.8, 4) is 0 Å². The summed E-state index contributed by atoms with van der Waals surface area (Å²) in [6.07, 6.45) is 5.59. The van der Waals surface area contributed by atoms with Gasteiger partial charge in [-0.2, -0.15) is 0 Å². The molecule has 1 fully saturated rings. The molecule has 2 aromatic rings. The van der Waals surface area contributed by atoms with E-state index in [4.69, 9.17) is 0 Å². The van der Waals surface area contributed by atoms with Crippen LogP contribution in [0.3, 0.4) is 0 Å². The van der Waals surface area contributed by atoms with Gasteiger partial charge in [0.05, 0.1) is 11.4 Å². The molecule has 6 heteroatoms. The van der Waals surface area contributed by atoms with Crippen LogP contribution in [0.5, 0.6) is 0 Å². The number of urea groups is 1. The van der Waals surface area contributed by atoms with Gasteiger partial charge in [0.2, 0.25) is 0 Å². The van der Waals surface area contributed by atoms with Crippen molar-refractivity contribution in [2.45, 2.75) is 36.9 Å². The zero-order valence-electron chi connectivity index (χ0n) is 15.3. The molecule has 2 amide bonds. The second-order valence-corrected chi connectivity index (χ2v) is 8.95. The molecule has 1 saturated carbocycles. The average molecular weight is 386 g/mol. The predicted octanol–water partition coefficient (Wildman–Crippen LogP) is 4.57. The van der Waals surface area contributed by atoms with Crippen LogP contribution in [0.4, 0.5) is 20.6 Å². The van der Waals surface area contributed by atoms with Crippen LogP contribution < -0.4 is 10.2 Å². The van der Waals surface area contributed by atoms with E-state index in [1.54, 1.807) is 17.2 Å². The summed E-state index contributed by atoms with van der Waals surface area (Å²) in [7, 11) is -1.00. The number of benzene rings is 2. The highest BCUT2D eigenvalue weighted by molar-refractivity contribution is 7.83. The molecule has 1 atom stereocenters. The molecule has 4 nitrogen and oxygen atoms in total. The van der Waals surface area contributed by atoms with Crippen molar-refractivity contribution in [3.05, 3.63) is 59.4 Å². The number of carbonyl (C=O) groups is 1. The summed E-state index contributed by atoms with van der Waals surface area (Å²) in [4.78, 5) is 14.8. The summed E-state index contributed by atoms with van der Waals surface area (Å²) in [5.41, 5.74) is 2.60. The maximum absolute atomic E-state index is 14.7. The van der Waals surface area contributed by atoms with E-state index in [0.29, 0.717) is 29.2 Å². The normalized spacial score (nSPS) is 18.5. The second-order valence-electron chi connectivity index (χ2n) is 7.51. The standard InChI is InChI=1S/C21H23FN2O2S/c1-27(26)13-15-7-2-3-9-17(15)23-20(25)24-14-21(11-4-5-12-21)19-16(22)8-6-10-18(19)24/h2-3,6-10H,4-5,11-14H2,1H3,(H,23,25)/t27-/m1/s1. The van der Waals surface area contributed by atoms with Crippen molar-refractivity contribution in [1.82, 2.24) is 0 Å². The number of nitrogens with zero attached hydrogens (tertiary/aromatic N) is 1. The number of halogens is 1. The van der Waals surface area contributed by atoms with Gasteiger partial charge in [0.25, 0.3) is 0 Å². The molecule has 142 valence electrons. The van der Waals surface area contributed by atoms with Crippen LogP contribution in [0.2, 0.25) is 0 Å². The van der Waals surface area contributed by atoms with Gasteiger partial charge in [0.15, 0.2) is 0 Å². The van der Waals surface area contributed by atoms with E-state index >= 15 is 0 Å². The van der Waals surface area contributed by atoms with E-state index in [0.717, 1.165) is 31.2 Å². The van der Waals surface area contributed by atoms with Crippen LogP contribution in [-0.4, -0.2) is 23.0 Å². The Morgan fingerprint density at radius 3 is 2.67 bits per heavy atom. The van der Waals surface area contributed by atoms with Crippen molar-refractivity contribution < 1.29 is 13.4 Å². The van der Waals surface area contributed by atoms with Crippen molar-refractivity contribution in [3.63, 3.8) is 0 Å². The number of anilines is 2. The van der Waals surface area contributed by atoms with Crippen molar-refractivity contribution in [1.29, 1.82) is 0 Å². The molecule has 1 heterocycles. The Kier molecular flexibility index (Phi) is 4.76. The van der Waals surface area contributed by atoms with Crippen LogP contribution in [0.25, 0.3) is 0 Å². The van der Waals surface area contributed by atoms with Gasteiger partial charge in [-0.3, -0.25) is 9.11 Å². The molecule has 2 aliphatic rings. The van der Waals surface area contributed by atoms with Gasteiger partial charge >= 0.3 is 6.03 Å². The lowest BCUT2D eigenvalue weighted by Crippen LogP contribution is -2.38. The fraction of sp³-hybridized carbons (Fsp3) is 0.381. The van der Waals surface area contributed by atoms with Crippen LogP contribution in [-0.2, 0) is 22.0 Å². The molecule has 2 aromatic carbocycles. The first-order valence-corrected chi connectivity index (χ1v) is 11.0. The summed E-state index contributed by atoms with van der Waals surface area (Å²) < 4.78 is 26.3. The fourth-order valence-corrected chi connectivity index (χ4v) is 5.23. The summed E-state index contributed by atoms with van der Waals surface area (Å²) in [5.74, 6) is 0.164. The number of nitrogens with one attached hydrogen (secondary N) is 1. The Morgan fingerprint density at radius 1 is 1.19 bits per heavy atom. The molecule has 0 radical (unpaired) electrons. The van der Waals surface area contributed by atoms with E-state index in [1.807, 2.05) is 30.3 Å². The molecule has 0 saturated heterocycles. The SMILES string of the molecule is C[S@@](=O)Cc1ccccc1NC(=O)N1CC2(CCCC2)c2c(F)cccc21. The Morgan fingerprint density at radius 2 is 1.93 bits per heavy atom. The first-order chi connectivity index (χ1) is 13.0. The molecule has 0 aromatic heterocycles. The Hall–Kier alpha value is -2.21. The largest absolute Gasteiger partial charge is 0.326 e. The van der Waals surface area contributed by atoms with Crippen molar-refractivity contribution >= 4 is 28.2 Å². The smallest absolute Gasteiger partial charge is 0.307 e. The highest BCUT2D eigenvalue weighted by Crippen LogP contribution is 2.51. The van der Waals surface area contributed by atoms with Gasteiger partial charge < -0.3 is 5.32 Å². The van der Waals surface area contributed by atoms with Gasteiger partial charge in [-0.05, 0) is 36.6 Å². The first-order valence-electron chi connectivity index (χ1n) is 9.26. The zero-order chi connectivity index (χ0) is 19.0. The van der Waals surface area contributed by atoms with Crippen LogP contribution >= 0.6 is 0 Å². The van der Waals surface area contributed by atoms with Crippen LogP contribution in [0, 0.1) is 5.82 Å². The molecule has 1 spiro atoms. The molecule has 27 heavy (non-hydrogen) atoms. The van der Waals surface area contributed by atoms with E-state index in [-0.39, 0.29) is 17.3 Å². The number of rotatable bonds is 3. The van der Waals surface area contributed by atoms with Gasteiger partial charge in [-0.1, -0.05) is 37.1 Å². The lowest BCUT2D eigenvalue weighted by molar-refractivity contribution is 0.256. The maximum atomic E-state index is 14.7. The maximum Gasteiger partial charge on any atom is 0.326 e. The zero-order valence-corrected chi connectivity index (χ0v) is 16.2. The van der Waals surface area contributed by atoms with E-state index in [9.17, 15) is 13.4 Å². The third-order valence-electron chi connectivity index (χ3n) is 5.70. The second kappa shape index (κ2) is 7.08. The lowest BCUT2D eigenvalue weighted by atomic mass is 9.80. The first kappa shape index (κ1) is 18.2. The Bertz CT molecular complexity index is 909. The molecule has 0 bridgehead atoms. The van der Waals surface area contributed by atoms with E-state index in [1.165, 1.54) is 6.07 Å². The van der Waals surface area contributed by atoms with Crippen molar-refractivity contribution in [2.24, 2.45) is 0 Å². The average Bonchev–Trinajstić information content (AvgIpc) is 3.23.